The molecule has 2 aromatic heterocycles. The Morgan fingerprint density at radius 3 is 2.05 bits per heavy atom. The SMILES string of the molecule is CCn1c2ccccc2c2cc(CN3CCN(Cc4c[nH]c5ccccc45)CC3)ccc21.O=C(O)C(=O)O. The number of hydrogen-bond acceptors (Lipinski definition) is 4. The molecule has 8 heteroatoms. The molecule has 0 saturated carbocycles. The van der Waals surface area contributed by atoms with Crippen molar-refractivity contribution in [3.05, 3.63) is 84.1 Å². The van der Waals surface area contributed by atoms with Gasteiger partial charge in [0.05, 0.1) is 0 Å². The monoisotopic (exact) mass is 512 g/mol. The Balaban J connectivity index is 0.000000443. The summed E-state index contributed by atoms with van der Waals surface area (Å²) >= 11 is 0. The van der Waals surface area contributed by atoms with Gasteiger partial charge in [0.2, 0.25) is 0 Å². The zero-order valence-electron chi connectivity index (χ0n) is 21.4. The lowest BCUT2D eigenvalue weighted by Crippen LogP contribution is -2.45. The molecule has 0 aliphatic carbocycles. The van der Waals surface area contributed by atoms with E-state index < -0.39 is 11.9 Å². The molecule has 0 radical (unpaired) electrons. The Morgan fingerprint density at radius 2 is 1.37 bits per heavy atom. The van der Waals surface area contributed by atoms with Crippen molar-refractivity contribution in [2.75, 3.05) is 26.2 Å². The third-order valence-corrected chi connectivity index (χ3v) is 7.28. The fraction of sp³-hybridized carbons (Fsp3) is 0.267. The zero-order chi connectivity index (χ0) is 26.6. The number of carboxylic acid groups (broad SMARTS) is 2. The molecule has 196 valence electrons. The van der Waals surface area contributed by atoms with Crippen LogP contribution in [0.5, 0.6) is 0 Å². The molecule has 3 N–H and O–H groups in total. The summed E-state index contributed by atoms with van der Waals surface area (Å²) in [6.45, 7) is 9.78. The fourth-order valence-corrected chi connectivity index (χ4v) is 5.41. The first kappa shape index (κ1) is 25.5. The second-order valence-electron chi connectivity index (χ2n) is 9.64. The number of para-hydroxylation sites is 2. The number of nitrogens with one attached hydrogen (secondary N) is 1. The van der Waals surface area contributed by atoms with E-state index in [2.05, 4.69) is 99.2 Å². The smallest absolute Gasteiger partial charge is 0.414 e. The van der Waals surface area contributed by atoms with Gasteiger partial charge in [-0.05, 0) is 42.3 Å². The lowest BCUT2D eigenvalue weighted by Gasteiger charge is -2.34. The summed E-state index contributed by atoms with van der Waals surface area (Å²) < 4.78 is 2.43. The van der Waals surface area contributed by atoms with E-state index in [-0.39, 0.29) is 0 Å². The normalized spacial score (nSPS) is 14.6. The minimum absolute atomic E-state index is 1.00. The van der Waals surface area contributed by atoms with E-state index in [0.717, 1.165) is 45.8 Å². The van der Waals surface area contributed by atoms with Gasteiger partial charge in [-0.3, -0.25) is 9.80 Å². The standard InChI is InChI=1S/C28H30N4.C2H2O4/c1-2-32-27-10-6-4-8-24(27)25-17-21(11-12-28(25)32)19-30-13-15-31(16-14-30)20-22-18-29-26-9-5-3-7-23(22)26;3-1(4)2(5)6/h3-12,17-18,29H,2,13-16,19-20H2,1H3;(H,3,4)(H,5,6). The van der Waals surface area contributed by atoms with Crippen LogP contribution in [0.2, 0.25) is 0 Å². The summed E-state index contributed by atoms with van der Waals surface area (Å²) in [7, 11) is 0. The van der Waals surface area contributed by atoms with Crippen LogP contribution in [0.3, 0.4) is 0 Å². The van der Waals surface area contributed by atoms with Gasteiger partial charge in [0.15, 0.2) is 0 Å². The minimum Gasteiger partial charge on any atom is -0.473 e. The van der Waals surface area contributed by atoms with Gasteiger partial charge in [0, 0.05) is 84.7 Å². The van der Waals surface area contributed by atoms with Crippen LogP contribution in [0.1, 0.15) is 18.1 Å². The second kappa shape index (κ2) is 11.1. The summed E-state index contributed by atoms with van der Waals surface area (Å²) in [5, 5.41) is 18.9. The van der Waals surface area contributed by atoms with E-state index in [9.17, 15) is 0 Å². The molecule has 0 bridgehead atoms. The van der Waals surface area contributed by atoms with E-state index in [1.54, 1.807) is 0 Å². The minimum atomic E-state index is -1.82. The molecule has 1 aliphatic rings. The van der Waals surface area contributed by atoms with Crippen molar-refractivity contribution in [3.63, 3.8) is 0 Å². The summed E-state index contributed by atoms with van der Waals surface area (Å²) in [5.74, 6) is -3.65. The number of rotatable bonds is 5. The van der Waals surface area contributed by atoms with Gasteiger partial charge in [0.25, 0.3) is 0 Å². The summed E-state index contributed by atoms with van der Waals surface area (Å²) in [5.41, 5.74) is 6.75. The summed E-state index contributed by atoms with van der Waals surface area (Å²) in [6, 6.07) is 24.5. The van der Waals surface area contributed by atoms with Crippen LogP contribution in [0.15, 0.2) is 72.9 Å². The number of aryl methyl sites for hydroxylation is 1. The molecule has 5 aromatic rings. The van der Waals surface area contributed by atoms with Gasteiger partial charge >= 0.3 is 11.9 Å². The van der Waals surface area contributed by atoms with Crippen molar-refractivity contribution in [1.82, 2.24) is 19.4 Å². The topological polar surface area (TPSA) is 102 Å². The number of aliphatic carboxylic acids is 2. The Hall–Kier alpha value is -4.14. The molecular weight excluding hydrogens is 480 g/mol. The molecule has 8 nitrogen and oxygen atoms in total. The molecule has 6 rings (SSSR count). The zero-order valence-corrected chi connectivity index (χ0v) is 21.4. The maximum absolute atomic E-state index is 9.10. The van der Waals surface area contributed by atoms with Crippen LogP contribution in [-0.4, -0.2) is 67.7 Å². The molecule has 3 aromatic carbocycles. The Bertz CT molecular complexity index is 1580. The van der Waals surface area contributed by atoms with Crippen LogP contribution in [0, 0.1) is 0 Å². The summed E-state index contributed by atoms with van der Waals surface area (Å²) in [6.07, 6.45) is 2.18. The Labute approximate surface area is 220 Å². The first-order chi connectivity index (χ1) is 18.4. The number of H-pyrrole nitrogens is 1. The molecular formula is C30H32N4O4. The predicted molar refractivity (Wildman–Crippen MR) is 149 cm³/mol. The summed E-state index contributed by atoms with van der Waals surface area (Å²) in [4.78, 5) is 26.8. The number of aromatic amines is 1. The van der Waals surface area contributed by atoms with Crippen LogP contribution < -0.4 is 0 Å². The molecule has 1 saturated heterocycles. The quantitative estimate of drug-likeness (QED) is 0.293. The van der Waals surface area contributed by atoms with Gasteiger partial charge in [-0.25, -0.2) is 9.59 Å². The number of nitrogens with zero attached hydrogens (tertiary/aromatic N) is 3. The van der Waals surface area contributed by atoms with E-state index in [1.165, 1.54) is 43.8 Å². The van der Waals surface area contributed by atoms with Crippen LogP contribution in [-0.2, 0) is 29.2 Å². The third kappa shape index (κ3) is 5.27. The van der Waals surface area contributed by atoms with Crippen LogP contribution >= 0.6 is 0 Å². The Morgan fingerprint density at radius 1 is 0.763 bits per heavy atom. The Kier molecular flexibility index (Phi) is 7.44. The maximum atomic E-state index is 9.10. The van der Waals surface area contributed by atoms with E-state index in [1.807, 2.05) is 0 Å². The van der Waals surface area contributed by atoms with Crippen molar-refractivity contribution < 1.29 is 19.8 Å². The van der Waals surface area contributed by atoms with Gasteiger partial charge in [0.1, 0.15) is 0 Å². The first-order valence-electron chi connectivity index (χ1n) is 12.9. The third-order valence-electron chi connectivity index (χ3n) is 7.28. The second-order valence-corrected chi connectivity index (χ2v) is 9.64. The van der Waals surface area contributed by atoms with Gasteiger partial charge in [-0.2, -0.15) is 0 Å². The molecule has 3 heterocycles. The van der Waals surface area contributed by atoms with Gasteiger partial charge in [-0.1, -0.05) is 42.5 Å². The number of carboxylic acids is 2. The molecule has 0 amide bonds. The van der Waals surface area contributed by atoms with Gasteiger partial charge < -0.3 is 19.8 Å². The average Bonchev–Trinajstić information content (AvgIpc) is 3.48. The van der Waals surface area contributed by atoms with Crippen LogP contribution in [0.4, 0.5) is 0 Å². The highest BCUT2D eigenvalue weighted by Crippen LogP contribution is 2.30. The predicted octanol–water partition coefficient (Wildman–Crippen LogP) is 4.77. The maximum Gasteiger partial charge on any atom is 0.414 e. The highest BCUT2D eigenvalue weighted by Gasteiger charge is 2.19. The lowest BCUT2D eigenvalue weighted by atomic mass is 10.1. The number of piperazine rings is 1. The van der Waals surface area contributed by atoms with Crippen molar-refractivity contribution >= 4 is 44.6 Å². The van der Waals surface area contributed by atoms with Crippen molar-refractivity contribution in [1.29, 1.82) is 0 Å². The van der Waals surface area contributed by atoms with E-state index >= 15 is 0 Å². The molecule has 1 fully saturated rings. The number of benzene rings is 3. The molecule has 0 unspecified atom stereocenters. The van der Waals surface area contributed by atoms with Crippen LogP contribution in [0.25, 0.3) is 32.7 Å². The largest absolute Gasteiger partial charge is 0.473 e. The highest BCUT2D eigenvalue weighted by atomic mass is 16.4. The molecule has 0 atom stereocenters. The number of fused-ring (bicyclic) bond motifs is 4. The number of carbonyl (C=O) groups is 2. The van der Waals surface area contributed by atoms with E-state index in [4.69, 9.17) is 19.8 Å². The lowest BCUT2D eigenvalue weighted by molar-refractivity contribution is -0.159. The fourth-order valence-electron chi connectivity index (χ4n) is 5.41. The number of aromatic nitrogens is 2. The van der Waals surface area contributed by atoms with Gasteiger partial charge in [-0.15, -0.1) is 0 Å². The van der Waals surface area contributed by atoms with E-state index in [0.29, 0.717) is 0 Å². The van der Waals surface area contributed by atoms with Crippen molar-refractivity contribution in [2.24, 2.45) is 0 Å². The average molecular weight is 513 g/mol. The molecule has 38 heavy (non-hydrogen) atoms. The number of hydrogen-bond donors (Lipinski definition) is 3. The van der Waals surface area contributed by atoms with Crippen molar-refractivity contribution in [2.45, 2.75) is 26.6 Å². The first-order valence-corrected chi connectivity index (χ1v) is 12.9. The molecule has 1 aliphatic heterocycles. The highest BCUT2D eigenvalue weighted by molar-refractivity contribution is 6.27. The van der Waals surface area contributed by atoms with Crippen molar-refractivity contribution in [3.8, 4) is 0 Å². The molecule has 0 spiro atoms.